The summed E-state index contributed by atoms with van der Waals surface area (Å²) in [5, 5.41) is 6.57. The molecule has 0 heterocycles. The maximum absolute atomic E-state index is 12.9. The van der Waals surface area contributed by atoms with Crippen LogP contribution in [0.4, 0.5) is 4.39 Å². The molecular weight excluding hydrogens is 432 g/mol. The summed E-state index contributed by atoms with van der Waals surface area (Å²) in [5.41, 5.74) is 3.43. The van der Waals surface area contributed by atoms with E-state index in [0.717, 1.165) is 30.1 Å². The van der Waals surface area contributed by atoms with E-state index in [-0.39, 0.29) is 29.8 Å². The number of hydrogen-bond donors (Lipinski definition) is 2. The van der Waals surface area contributed by atoms with E-state index in [2.05, 4.69) is 27.8 Å². The van der Waals surface area contributed by atoms with E-state index < -0.39 is 0 Å². The van der Waals surface area contributed by atoms with Crippen LogP contribution in [0, 0.1) is 5.82 Å². The molecule has 25 heavy (non-hydrogen) atoms. The Morgan fingerprint density at radius 1 is 1.04 bits per heavy atom. The molecule has 0 atom stereocenters. The number of ether oxygens (including phenoxy) is 1. The Hall–Kier alpha value is -1.67. The van der Waals surface area contributed by atoms with E-state index in [1.165, 1.54) is 17.7 Å². The quantitative estimate of drug-likeness (QED) is 0.380. The van der Waals surface area contributed by atoms with Crippen LogP contribution in [0.15, 0.2) is 53.5 Å². The fraction of sp³-hybridized carbons (Fsp3) is 0.316. The predicted octanol–water partition coefficient (Wildman–Crippen LogP) is 3.50. The second kappa shape index (κ2) is 11.8. The third-order valence-corrected chi connectivity index (χ3v) is 3.71. The van der Waals surface area contributed by atoms with Gasteiger partial charge in [0.1, 0.15) is 5.82 Å². The number of benzene rings is 2. The van der Waals surface area contributed by atoms with E-state index in [0.29, 0.717) is 13.2 Å². The Balaban J connectivity index is 0.00000312. The van der Waals surface area contributed by atoms with Gasteiger partial charge in [0, 0.05) is 27.2 Å². The van der Waals surface area contributed by atoms with Crippen LogP contribution < -0.4 is 10.6 Å². The Bertz CT molecular complexity index is 662. The number of hydrogen-bond acceptors (Lipinski definition) is 2. The molecule has 0 spiro atoms. The first-order valence-corrected chi connectivity index (χ1v) is 7.97. The van der Waals surface area contributed by atoms with E-state index in [4.69, 9.17) is 4.74 Å². The van der Waals surface area contributed by atoms with Crippen LogP contribution in [0.3, 0.4) is 0 Å². The first kappa shape index (κ1) is 21.4. The largest absolute Gasteiger partial charge is 0.380 e. The highest BCUT2D eigenvalue weighted by Gasteiger charge is 2.03. The zero-order chi connectivity index (χ0) is 17.2. The Kier molecular flexibility index (Phi) is 10.1. The number of rotatable bonds is 7. The lowest BCUT2D eigenvalue weighted by Crippen LogP contribution is -2.38. The van der Waals surface area contributed by atoms with Crippen molar-refractivity contribution in [3.8, 4) is 0 Å². The lowest BCUT2D eigenvalue weighted by Gasteiger charge is -2.14. The van der Waals surface area contributed by atoms with E-state index >= 15 is 0 Å². The maximum atomic E-state index is 12.9. The molecule has 0 saturated heterocycles. The van der Waals surface area contributed by atoms with Gasteiger partial charge in [0.2, 0.25) is 0 Å². The SMILES string of the molecule is CN=C(NCCc1ccc(F)cc1)NCc1ccccc1COC.I. The number of methoxy groups -OCH3 is 1. The number of nitrogens with zero attached hydrogens (tertiary/aromatic N) is 1. The molecule has 0 radical (unpaired) electrons. The summed E-state index contributed by atoms with van der Waals surface area (Å²) < 4.78 is 18.1. The summed E-state index contributed by atoms with van der Waals surface area (Å²) in [4.78, 5) is 4.23. The fourth-order valence-corrected chi connectivity index (χ4v) is 2.40. The molecule has 6 heteroatoms. The summed E-state index contributed by atoms with van der Waals surface area (Å²) in [5.74, 6) is 0.531. The van der Waals surface area contributed by atoms with Gasteiger partial charge in [-0.05, 0) is 35.2 Å². The van der Waals surface area contributed by atoms with E-state index in [9.17, 15) is 4.39 Å². The van der Waals surface area contributed by atoms with Crippen LogP contribution in [0.5, 0.6) is 0 Å². The van der Waals surface area contributed by atoms with Crippen molar-refractivity contribution in [1.29, 1.82) is 0 Å². The Morgan fingerprint density at radius 3 is 2.36 bits per heavy atom. The van der Waals surface area contributed by atoms with Crippen LogP contribution in [-0.2, 0) is 24.3 Å². The Morgan fingerprint density at radius 2 is 1.72 bits per heavy atom. The van der Waals surface area contributed by atoms with Crippen molar-refractivity contribution in [2.24, 2.45) is 4.99 Å². The molecule has 0 aliphatic carbocycles. The lowest BCUT2D eigenvalue weighted by molar-refractivity contribution is 0.184. The van der Waals surface area contributed by atoms with Gasteiger partial charge in [0.05, 0.1) is 6.61 Å². The van der Waals surface area contributed by atoms with Crippen molar-refractivity contribution in [2.75, 3.05) is 20.7 Å². The average Bonchev–Trinajstić information content (AvgIpc) is 2.61. The second-order valence-electron chi connectivity index (χ2n) is 5.43. The number of guanidine groups is 1. The molecule has 0 bridgehead atoms. The fourth-order valence-electron chi connectivity index (χ4n) is 2.40. The molecule has 0 aromatic heterocycles. The molecule has 0 unspecified atom stereocenters. The van der Waals surface area contributed by atoms with Crippen LogP contribution in [0.2, 0.25) is 0 Å². The standard InChI is InChI=1S/C19H24FN3O.HI/c1-21-19(22-12-11-15-7-9-18(20)10-8-15)23-13-16-5-3-4-6-17(16)14-24-2;/h3-10H,11-14H2,1-2H3,(H2,21,22,23);1H. The molecule has 0 aliphatic heterocycles. The smallest absolute Gasteiger partial charge is 0.191 e. The lowest BCUT2D eigenvalue weighted by atomic mass is 10.1. The molecule has 136 valence electrons. The van der Waals surface area contributed by atoms with Crippen molar-refractivity contribution >= 4 is 29.9 Å². The molecule has 2 aromatic rings. The third-order valence-electron chi connectivity index (χ3n) is 3.71. The molecular formula is C19H25FIN3O. The van der Waals surface area contributed by atoms with E-state index in [1.54, 1.807) is 26.3 Å². The zero-order valence-electron chi connectivity index (χ0n) is 14.6. The molecule has 0 fully saturated rings. The minimum Gasteiger partial charge on any atom is -0.380 e. The van der Waals surface area contributed by atoms with Crippen LogP contribution >= 0.6 is 24.0 Å². The highest BCUT2D eigenvalue weighted by atomic mass is 127. The highest BCUT2D eigenvalue weighted by Crippen LogP contribution is 2.09. The van der Waals surface area contributed by atoms with Gasteiger partial charge in [0.15, 0.2) is 5.96 Å². The maximum Gasteiger partial charge on any atom is 0.191 e. The first-order chi connectivity index (χ1) is 11.7. The summed E-state index contributed by atoms with van der Waals surface area (Å²) in [7, 11) is 3.44. The molecule has 4 nitrogen and oxygen atoms in total. The van der Waals surface area contributed by atoms with E-state index in [1.807, 2.05) is 12.1 Å². The second-order valence-corrected chi connectivity index (χ2v) is 5.43. The summed E-state index contributed by atoms with van der Waals surface area (Å²) in [6.07, 6.45) is 0.807. The Labute approximate surface area is 165 Å². The van der Waals surface area contributed by atoms with Crippen LogP contribution in [-0.4, -0.2) is 26.7 Å². The van der Waals surface area contributed by atoms with Crippen molar-refractivity contribution in [3.05, 3.63) is 71.0 Å². The van der Waals surface area contributed by atoms with Gasteiger partial charge in [-0.15, -0.1) is 24.0 Å². The van der Waals surface area contributed by atoms with Crippen LogP contribution in [0.25, 0.3) is 0 Å². The van der Waals surface area contributed by atoms with Crippen LogP contribution in [0.1, 0.15) is 16.7 Å². The topological polar surface area (TPSA) is 45.7 Å². The van der Waals surface area contributed by atoms with Crippen molar-refractivity contribution < 1.29 is 9.13 Å². The van der Waals surface area contributed by atoms with Gasteiger partial charge in [-0.3, -0.25) is 4.99 Å². The third kappa shape index (κ3) is 7.39. The molecule has 2 rings (SSSR count). The number of aliphatic imine (C=N–C) groups is 1. The predicted molar refractivity (Wildman–Crippen MR) is 111 cm³/mol. The summed E-state index contributed by atoms with van der Waals surface area (Å²) in [6.45, 7) is 2.00. The van der Waals surface area contributed by atoms with Gasteiger partial charge < -0.3 is 15.4 Å². The average molecular weight is 457 g/mol. The van der Waals surface area contributed by atoms with Crippen molar-refractivity contribution in [2.45, 2.75) is 19.6 Å². The number of nitrogens with one attached hydrogen (secondary N) is 2. The normalized spacial score (nSPS) is 10.9. The molecule has 0 saturated carbocycles. The van der Waals surface area contributed by atoms with Gasteiger partial charge in [-0.2, -0.15) is 0 Å². The zero-order valence-corrected chi connectivity index (χ0v) is 16.9. The summed E-state index contributed by atoms with van der Waals surface area (Å²) in [6, 6.07) is 14.7. The summed E-state index contributed by atoms with van der Waals surface area (Å²) >= 11 is 0. The van der Waals surface area contributed by atoms with Gasteiger partial charge >= 0.3 is 0 Å². The monoisotopic (exact) mass is 457 g/mol. The highest BCUT2D eigenvalue weighted by molar-refractivity contribution is 14.0. The minimum atomic E-state index is -0.209. The van der Waals surface area contributed by atoms with Gasteiger partial charge in [-0.1, -0.05) is 36.4 Å². The van der Waals surface area contributed by atoms with Crippen molar-refractivity contribution in [3.63, 3.8) is 0 Å². The number of halogens is 2. The molecule has 2 aromatic carbocycles. The van der Waals surface area contributed by atoms with Gasteiger partial charge in [0.25, 0.3) is 0 Å². The first-order valence-electron chi connectivity index (χ1n) is 7.97. The molecule has 0 aliphatic rings. The molecule has 0 amide bonds. The van der Waals surface area contributed by atoms with Crippen molar-refractivity contribution in [1.82, 2.24) is 10.6 Å². The van der Waals surface area contributed by atoms with Gasteiger partial charge in [-0.25, -0.2) is 4.39 Å². The molecule has 2 N–H and O–H groups in total. The minimum absolute atomic E-state index is 0.